The maximum Gasteiger partial charge on any atom is 0.0367 e. The van der Waals surface area contributed by atoms with E-state index in [1.807, 2.05) is 6.07 Å². The molecule has 0 bridgehead atoms. The van der Waals surface area contributed by atoms with Gasteiger partial charge in [0.2, 0.25) is 0 Å². The summed E-state index contributed by atoms with van der Waals surface area (Å²) in [6, 6.07) is 6.22. The number of aryl methyl sites for hydroxylation is 1. The fourth-order valence-corrected chi connectivity index (χ4v) is 1.32. The van der Waals surface area contributed by atoms with Gasteiger partial charge in [-0.1, -0.05) is 6.92 Å². The minimum Gasteiger partial charge on any atom is -0.399 e. The van der Waals surface area contributed by atoms with Gasteiger partial charge in [-0.15, -0.1) is 0 Å². The Labute approximate surface area is 80.4 Å². The number of anilines is 2. The summed E-state index contributed by atoms with van der Waals surface area (Å²) in [5.41, 5.74) is 9.20. The zero-order chi connectivity index (χ0) is 9.84. The van der Waals surface area contributed by atoms with Crippen LogP contribution in [0.3, 0.4) is 0 Å². The molecule has 0 saturated carbocycles. The monoisotopic (exact) mass is 178 g/mol. The van der Waals surface area contributed by atoms with Crippen LogP contribution in [0.25, 0.3) is 0 Å². The van der Waals surface area contributed by atoms with Gasteiger partial charge in [0.1, 0.15) is 0 Å². The maximum atomic E-state index is 5.82. The van der Waals surface area contributed by atoms with E-state index < -0.39 is 0 Å². The molecule has 0 atom stereocenters. The highest BCUT2D eigenvalue weighted by Crippen LogP contribution is 2.20. The van der Waals surface area contributed by atoms with E-state index in [0.717, 1.165) is 18.7 Å². The number of hydrogen-bond donors (Lipinski definition) is 1. The normalized spacial score (nSPS) is 10.1. The van der Waals surface area contributed by atoms with Crippen LogP contribution in [0.5, 0.6) is 0 Å². The smallest absolute Gasteiger partial charge is 0.0367 e. The molecule has 0 aliphatic carbocycles. The Morgan fingerprint density at radius 3 is 2.54 bits per heavy atom. The second kappa shape index (κ2) is 4.17. The number of nitrogens with zero attached hydrogens (tertiary/aromatic N) is 1. The Balaban J connectivity index is 2.99. The quantitative estimate of drug-likeness (QED) is 0.719. The molecule has 0 aromatic heterocycles. The lowest BCUT2D eigenvalue weighted by atomic mass is 10.1. The average Bonchev–Trinajstić information content (AvgIpc) is 2.17. The lowest BCUT2D eigenvalue weighted by Crippen LogP contribution is -2.15. The summed E-state index contributed by atoms with van der Waals surface area (Å²) in [6.07, 6.45) is 0.997. The second-order valence-electron chi connectivity index (χ2n) is 3.25. The Morgan fingerprint density at radius 1 is 1.31 bits per heavy atom. The van der Waals surface area contributed by atoms with E-state index in [9.17, 15) is 0 Å². The maximum absolute atomic E-state index is 5.82. The molecule has 0 fully saturated rings. The molecule has 0 spiro atoms. The topological polar surface area (TPSA) is 29.3 Å². The van der Waals surface area contributed by atoms with Crippen molar-refractivity contribution in [3.05, 3.63) is 23.8 Å². The van der Waals surface area contributed by atoms with Crippen LogP contribution in [-0.4, -0.2) is 13.6 Å². The highest BCUT2D eigenvalue weighted by Gasteiger charge is 2.01. The van der Waals surface area contributed by atoms with Crippen LogP contribution in [0.4, 0.5) is 11.4 Å². The molecule has 2 heteroatoms. The van der Waals surface area contributed by atoms with Crippen molar-refractivity contribution in [3.63, 3.8) is 0 Å². The highest BCUT2D eigenvalue weighted by molar-refractivity contribution is 5.58. The van der Waals surface area contributed by atoms with Crippen molar-refractivity contribution in [2.24, 2.45) is 0 Å². The van der Waals surface area contributed by atoms with Crippen molar-refractivity contribution < 1.29 is 0 Å². The number of nitrogens with two attached hydrogens (primary N) is 1. The summed E-state index contributed by atoms with van der Waals surface area (Å²) < 4.78 is 0. The van der Waals surface area contributed by atoms with Gasteiger partial charge in [-0.3, -0.25) is 0 Å². The molecule has 1 rings (SSSR count). The Kier molecular flexibility index (Phi) is 3.18. The molecule has 2 N–H and O–H groups in total. The van der Waals surface area contributed by atoms with Gasteiger partial charge in [0.25, 0.3) is 0 Å². The van der Waals surface area contributed by atoms with Crippen LogP contribution < -0.4 is 10.6 Å². The fraction of sp³-hybridized carbons (Fsp3) is 0.455. The van der Waals surface area contributed by atoms with Crippen LogP contribution in [0.2, 0.25) is 0 Å². The Hall–Kier alpha value is -1.18. The minimum atomic E-state index is 0.899. The van der Waals surface area contributed by atoms with Crippen LogP contribution >= 0.6 is 0 Å². The Bertz CT molecular complexity index is 281. The molecule has 72 valence electrons. The number of hydrogen-bond acceptors (Lipinski definition) is 2. The zero-order valence-corrected chi connectivity index (χ0v) is 8.67. The van der Waals surface area contributed by atoms with Crippen molar-refractivity contribution in [2.45, 2.75) is 20.3 Å². The third-order valence-electron chi connectivity index (χ3n) is 2.42. The van der Waals surface area contributed by atoms with Crippen LogP contribution in [0, 0.1) is 0 Å². The van der Waals surface area contributed by atoms with Crippen LogP contribution in [0.15, 0.2) is 18.2 Å². The van der Waals surface area contributed by atoms with Gasteiger partial charge in [-0.05, 0) is 37.1 Å². The molecule has 1 aromatic carbocycles. The second-order valence-corrected chi connectivity index (χ2v) is 3.25. The largest absolute Gasteiger partial charge is 0.399 e. The summed E-state index contributed by atoms with van der Waals surface area (Å²) in [6.45, 7) is 5.29. The van der Waals surface area contributed by atoms with Gasteiger partial charge in [-0.2, -0.15) is 0 Å². The van der Waals surface area contributed by atoms with Crippen molar-refractivity contribution in [1.29, 1.82) is 0 Å². The number of benzene rings is 1. The molecule has 0 radical (unpaired) electrons. The molecule has 0 aliphatic rings. The highest BCUT2D eigenvalue weighted by atomic mass is 15.1. The van der Waals surface area contributed by atoms with Gasteiger partial charge in [0.15, 0.2) is 0 Å². The fourth-order valence-electron chi connectivity index (χ4n) is 1.32. The SMILES string of the molecule is CCc1cc(N(C)CC)ccc1N. The van der Waals surface area contributed by atoms with Crippen LogP contribution in [-0.2, 0) is 6.42 Å². The molecule has 0 saturated heterocycles. The van der Waals surface area contributed by atoms with E-state index in [2.05, 4.69) is 37.9 Å². The first kappa shape index (κ1) is 9.90. The standard InChI is InChI=1S/C11H18N2/c1-4-9-8-10(13(3)5-2)6-7-11(9)12/h6-8H,4-5,12H2,1-3H3. The lowest BCUT2D eigenvalue weighted by Gasteiger charge is -2.18. The van der Waals surface area contributed by atoms with Gasteiger partial charge in [0, 0.05) is 25.0 Å². The molecule has 0 amide bonds. The Morgan fingerprint density at radius 2 is 2.00 bits per heavy atom. The van der Waals surface area contributed by atoms with Gasteiger partial charge >= 0.3 is 0 Å². The van der Waals surface area contributed by atoms with Crippen molar-refractivity contribution in [3.8, 4) is 0 Å². The van der Waals surface area contributed by atoms with Gasteiger partial charge in [0.05, 0.1) is 0 Å². The van der Waals surface area contributed by atoms with Crippen molar-refractivity contribution in [1.82, 2.24) is 0 Å². The average molecular weight is 178 g/mol. The minimum absolute atomic E-state index is 0.899. The number of rotatable bonds is 3. The van der Waals surface area contributed by atoms with E-state index in [-0.39, 0.29) is 0 Å². The van der Waals surface area contributed by atoms with Crippen molar-refractivity contribution in [2.75, 3.05) is 24.2 Å². The van der Waals surface area contributed by atoms with Gasteiger partial charge in [-0.25, -0.2) is 0 Å². The summed E-state index contributed by atoms with van der Waals surface area (Å²) in [5, 5.41) is 0. The molecular weight excluding hydrogens is 160 g/mol. The van der Waals surface area contributed by atoms with Gasteiger partial charge < -0.3 is 10.6 Å². The summed E-state index contributed by atoms with van der Waals surface area (Å²) >= 11 is 0. The third kappa shape index (κ3) is 2.14. The molecule has 2 nitrogen and oxygen atoms in total. The predicted molar refractivity (Wildman–Crippen MR) is 59.2 cm³/mol. The first-order valence-corrected chi connectivity index (χ1v) is 4.78. The lowest BCUT2D eigenvalue weighted by molar-refractivity contribution is 0.964. The van der Waals surface area contributed by atoms with E-state index in [1.165, 1.54) is 11.3 Å². The first-order chi connectivity index (χ1) is 6.19. The van der Waals surface area contributed by atoms with E-state index in [1.54, 1.807) is 0 Å². The van der Waals surface area contributed by atoms with Crippen LogP contribution in [0.1, 0.15) is 19.4 Å². The van der Waals surface area contributed by atoms with E-state index >= 15 is 0 Å². The molecule has 0 heterocycles. The molecule has 0 unspecified atom stereocenters. The first-order valence-electron chi connectivity index (χ1n) is 4.78. The predicted octanol–water partition coefficient (Wildman–Crippen LogP) is 2.29. The summed E-state index contributed by atoms with van der Waals surface area (Å²) in [5.74, 6) is 0. The number of nitrogen functional groups attached to an aromatic ring is 1. The summed E-state index contributed by atoms with van der Waals surface area (Å²) in [4.78, 5) is 2.21. The molecule has 1 aromatic rings. The molecule has 0 aliphatic heterocycles. The van der Waals surface area contributed by atoms with E-state index in [0.29, 0.717) is 0 Å². The molecule has 13 heavy (non-hydrogen) atoms. The molecular formula is C11H18N2. The van der Waals surface area contributed by atoms with Crippen molar-refractivity contribution >= 4 is 11.4 Å². The summed E-state index contributed by atoms with van der Waals surface area (Å²) in [7, 11) is 2.09. The van der Waals surface area contributed by atoms with E-state index in [4.69, 9.17) is 5.73 Å². The zero-order valence-electron chi connectivity index (χ0n) is 8.67. The third-order valence-corrected chi connectivity index (χ3v) is 2.42.